The van der Waals surface area contributed by atoms with E-state index in [0.717, 1.165) is 10.7 Å². The highest BCUT2D eigenvalue weighted by molar-refractivity contribution is 6.30. The van der Waals surface area contributed by atoms with E-state index in [0.29, 0.717) is 16.3 Å². The van der Waals surface area contributed by atoms with Gasteiger partial charge in [0.05, 0.1) is 24.0 Å². The van der Waals surface area contributed by atoms with Crippen LogP contribution in [0.2, 0.25) is 5.02 Å². The summed E-state index contributed by atoms with van der Waals surface area (Å²) in [5.41, 5.74) is 0.0436. The Balaban J connectivity index is 2.14. The molecule has 156 valence electrons. The van der Waals surface area contributed by atoms with Gasteiger partial charge in [-0.1, -0.05) is 29.8 Å². The highest BCUT2D eigenvalue weighted by Gasteiger charge is 2.20. The average molecular weight is 432 g/mol. The number of nitrogens with one attached hydrogen (secondary N) is 1. The monoisotopic (exact) mass is 431 g/mol. The number of aliphatic hydroxyl groups excluding tert-OH is 2. The number of hydrogen-bond donors (Lipinski definition) is 3. The van der Waals surface area contributed by atoms with E-state index in [9.17, 15) is 19.1 Å². The molecule has 3 aromatic rings. The molecule has 1 heterocycles. The van der Waals surface area contributed by atoms with Crippen LogP contribution >= 0.6 is 11.6 Å². The molecule has 0 aliphatic heterocycles. The minimum Gasteiger partial charge on any atom is -0.396 e. The molecule has 9 heteroatoms. The maximum atomic E-state index is 13.7. The molecular formula is C21H19ClFN3O4. The predicted molar refractivity (Wildman–Crippen MR) is 110 cm³/mol. The maximum absolute atomic E-state index is 13.7. The average Bonchev–Trinajstić information content (AvgIpc) is 2.74. The second-order valence-electron chi connectivity index (χ2n) is 6.51. The molecule has 1 unspecified atom stereocenters. The highest BCUT2D eigenvalue weighted by atomic mass is 35.5. The van der Waals surface area contributed by atoms with Crippen molar-refractivity contribution in [1.29, 1.82) is 0 Å². The Morgan fingerprint density at radius 1 is 1.17 bits per heavy atom. The molecule has 0 bridgehead atoms. The number of carbonyl (C=O) groups is 1. The summed E-state index contributed by atoms with van der Waals surface area (Å²) in [4.78, 5) is 25.7. The van der Waals surface area contributed by atoms with Gasteiger partial charge in [-0.05, 0) is 42.8 Å². The fourth-order valence-corrected chi connectivity index (χ4v) is 2.96. The van der Waals surface area contributed by atoms with Crippen molar-refractivity contribution < 1.29 is 19.4 Å². The minimum atomic E-state index is -0.753. The van der Waals surface area contributed by atoms with E-state index >= 15 is 0 Å². The van der Waals surface area contributed by atoms with Crippen molar-refractivity contribution in [1.82, 2.24) is 15.1 Å². The molecule has 1 aromatic heterocycles. The van der Waals surface area contributed by atoms with Gasteiger partial charge in [-0.15, -0.1) is 0 Å². The van der Waals surface area contributed by atoms with Gasteiger partial charge in [-0.25, -0.2) is 4.39 Å². The van der Waals surface area contributed by atoms with Gasteiger partial charge in [0.2, 0.25) is 0 Å². The summed E-state index contributed by atoms with van der Waals surface area (Å²) in [7, 11) is 0. The summed E-state index contributed by atoms with van der Waals surface area (Å²) in [6.45, 7) is -0.648. The van der Waals surface area contributed by atoms with Crippen molar-refractivity contribution in [2.75, 3.05) is 13.2 Å². The second-order valence-corrected chi connectivity index (χ2v) is 6.95. The van der Waals surface area contributed by atoms with Gasteiger partial charge in [0.15, 0.2) is 0 Å². The number of benzene rings is 2. The summed E-state index contributed by atoms with van der Waals surface area (Å²) in [6.07, 6.45) is 0.120. The van der Waals surface area contributed by atoms with Crippen LogP contribution in [-0.2, 0) is 0 Å². The standard InChI is InChI=1S/C21H19ClFN3O4/c22-14-6-4-13(5-7-14)19-11-18(20(29)24-16(12-28)8-9-27)21(30)26(25-19)17-3-1-2-15(23)10-17/h1-7,10-11,16,27-28H,8-9,12H2,(H,24,29). The molecule has 2 aromatic carbocycles. The summed E-state index contributed by atoms with van der Waals surface area (Å²) in [5.74, 6) is -1.30. The van der Waals surface area contributed by atoms with Crippen molar-refractivity contribution >= 4 is 17.5 Å². The Labute approximate surface area is 176 Å². The van der Waals surface area contributed by atoms with E-state index < -0.39 is 29.9 Å². The van der Waals surface area contributed by atoms with Crippen LogP contribution in [0.1, 0.15) is 16.8 Å². The van der Waals surface area contributed by atoms with E-state index in [2.05, 4.69) is 10.4 Å². The van der Waals surface area contributed by atoms with Crippen molar-refractivity contribution in [3.05, 3.63) is 81.4 Å². The number of hydrogen-bond acceptors (Lipinski definition) is 5. The van der Waals surface area contributed by atoms with Crippen molar-refractivity contribution in [3.8, 4) is 16.9 Å². The van der Waals surface area contributed by atoms with E-state index in [4.69, 9.17) is 16.7 Å². The Bertz CT molecular complexity index is 1100. The lowest BCUT2D eigenvalue weighted by Gasteiger charge is -2.16. The summed E-state index contributed by atoms with van der Waals surface area (Å²) >= 11 is 5.93. The number of nitrogens with zero attached hydrogens (tertiary/aromatic N) is 2. The summed E-state index contributed by atoms with van der Waals surface area (Å²) in [6, 6.07) is 12.5. The van der Waals surface area contributed by atoms with Gasteiger partial charge in [0, 0.05) is 17.2 Å². The van der Waals surface area contributed by atoms with Gasteiger partial charge < -0.3 is 15.5 Å². The van der Waals surface area contributed by atoms with Crippen LogP contribution in [0.5, 0.6) is 0 Å². The number of aliphatic hydroxyl groups is 2. The third-order valence-corrected chi connectivity index (χ3v) is 4.63. The molecule has 3 N–H and O–H groups in total. The fraction of sp³-hybridized carbons (Fsp3) is 0.190. The molecule has 1 atom stereocenters. The molecule has 0 aliphatic carbocycles. The third-order valence-electron chi connectivity index (χ3n) is 4.38. The Morgan fingerprint density at radius 2 is 1.90 bits per heavy atom. The molecule has 0 saturated heterocycles. The van der Waals surface area contributed by atoms with Gasteiger partial charge in [0.25, 0.3) is 11.5 Å². The maximum Gasteiger partial charge on any atom is 0.284 e. The smallest absolute Gasteiger partial charge is 0.284 e. The van der Waals surface area contributed by atoms with E-state index in [1.165, 1.54) is 24.3 Å². The Morgan fingerprint density at radius 3 is 2.53 bits per heavy atom. The van der Waals surface area contributed by atoms with Gasteiger partial charge >= 0.3 is 0 Å². The van der Waals surface area contributed by atoms with Gasteiger partial charge in [0.1, 0.15) is 11.4 Å². The number of amides is 1. The first-order valence-electron chi connectivity index (χ1n) is 9.11. The second kappa shape index (κ2) is 9.62. The lowest BCUT2D eigenvalue weighted by Crippen LogP contribution is -2.41. The fourth-order valence-electron chi connectivity index (χ4n) is 2.83. The first-order valence-corrected chi connectivity index (χ1v) is 9.49. The van der Waals surface area contributed by atoms with Crippen LogP contribution in [0.25, 0.3) is 16.9 Å². The van der Waals surface area contributed by atoms with Crippen LogP contribution in [0.4, 0.5) is 4.39 Å². The van der Waals surface area contributed by atoms with Crippen LogP contribution in [0.15, 0.2) is 59.4 Å². The first kappa shape index (κ1) is 21.6. The minimum absolute atomic E-state index is 0.120. The zero-order valence-electron chi connectivity index (χ0n) is 15.8. The van der Waals surface area contributed by atoms with E-state index in [1.54, 1.807) is 24.3 Å². The van der Waals surface area contributed by atoms with Crippen LogP contribution in [0, 0.1) is 5.82 Å². The number of aromatic nitrogens is 2. The van der Waals surface area contributed by atoms with Crippen LogP contribution < -0.4 is 10.9 Å². The van der Waals surface area contributed by atoms with Gasteiger partial charge in [-0.3, -0.25) is 9.59 Å². The molecule has 3 rings (SSSR count). The zero-order valence-corrected chi connectivity index (χ0v) is 16.5. The molecule has 0 radical (unpaired) electrons. The van der Waals surface area contributed by atoms with Gasteiger partial charge in [-0.2, -0.15) is 9.78 Å². The molecule has 0 fully saturated rings. The number of carbonyl (C=O) groups excluding carboxylic acids is 1. The normalized spacial score (nSPS) is 11.9. The molecule has 0 aliphatic rings. The van der Waals surface area contributed by atoms with Crippen molar-refractivity contribution in [2.24, 2.45) is 0 Å². The predicted octanol–water partition coefficient (Wildman–Crippen LogP) is 2.17. The SMILES string of the molecule is O=C(NC(CO)CCO)c1cc(-c2ccc(Cl)cc2)nn(-c2cccc(F)c2)c1=O. The van der Waals surface area contributed by atoms with Crippen LogP contribution in [-0.4, -0.2) is 45.2 Å². The largest absolute Gasteiger partial charge is 0.396 e. The zero-order chi connectivity index (χ0) is 21.7. The number of halogens is 2. The molecule has 1 amide bonds. The molecule has 0 spiro atoms. The van der Waals surface area contributed by atoms with Crippen molar-refractivity contribution in [3.63, 3.8) is 0 Å². The molecule has 7 nitrogen and oxygen atoms in total. The Kier molecular flexibility index (Phi) is 6.94. The topological polar surface area (TPSA) is 104 Å². The summed E-state index contributed by atoms with van der Waals surface area (Å²) < 4.78 is 14.7. The molecule has 0 saturated carbocycles. The summed E-state index contributed by atoms with van der Waals surface area (Å²) in [5, 5.41) is 25.7. The third kappa shape index (κ3) is 4.91. The molecular weight excluding hydrogens is 413 g/mol. The Hall–Kier alpha value is -3.07. The van der Waals surface area contributed by atoms with Crippen molar-refractivity contribution in [2.45, 2.75) is 12.5 Å². The number of rotatable bonds is 7. The van der Waals surface area contributed by atoms with Crippen LogP contribution in [0.3, 0.4) is 0 Å². The quantitative estimate of drug-likeness (QED) is 0.532. The lowest BCUT2D eigenvalue weighted by molar-refractivity contribution is 0.0902. The molecule has 30 heavy (non-hydrogen) atoms. The lowest BCUT2D eigenvalue weighted by atomic mass is 10.1. The first-order chi connectivity index (χ1) is 14.4. The van der Waals surface area contributed by atoms with E-state index in [-0.39, 0.29) is 24.3 Å². The van der Waals surface area contributed by atoms with E-state index in [1.807, 2.05) is 0 Å². The highest BCUT2D eigenvalue weighted by Crippen LogP contribution is 2.20.